The number of halogens is 2. The van der Waals surface area contributed by atoms with Crippen LogP contribution in [0.1, 0.15) is 11.1 Å². The van der Waals surface area contributed by atoms with Crippen LogP contribution in [0.3, 0.4) is 0 Å². The van der Waals surface area contributed by atoms with Gasteiger partial charge in [-0.2, -0.15) is 0 Å². The number of hydrogen-bond acceptors (Lipinski definition) is 1. The summed E-state index contributed by atoms with van der Waals surface area (Å²) in [6, 6.07) is 12.2. The van der Waals surface area contributed by atoms with Gasteiger partial charge >= 0.3 is 0 Å². The van der Waals surface area contributed by atoms with Gasteiger partial charge in [-0.05, 0) is 36.2 Å². The van der Waals surface area contributed by atoms with E-state index in [1.165, 1.54) is 6.07 Å². The second-order valence-corrected chi connectivity index (χ2v) is 4.06. The van der Waals surface area contributed by atoms with E-state index in [0.717, 1.165) is 5.56 Å². The number of benzene rings is 2. The van der Waals surface area contributed by atoms with Crippen LogP contribution in [0.4, 0.5) is 4.39 Å². The van der Waals surface area contributed by atoms with Crippen molar-refractivity contribution in [1.29, 1.82) is 0 Å². The van der Waals surface area contributed by atoms with E-state index in [0.29, 0.717) is 22.9 Å². The van der Waals surface area contributed by atoms with E-state index in [1.807, 2.05) is 24.3 Å². The van der Waals surface area contributed by atoms with Gasteiger partial charge in [-0.15, -0.1) is 11.6 Å². The van der Waals surface area contributed by atoms with Crippen molar-refractivity contribution in [3.63, 3.8) is 0 Å². The summed E-state index contributed by atoms with van der Waals surface area (Å²) in [5.41, 5.74) is 1.57. The molecule has 0 amide bonds. The van der Waals surface area contributed by atoms with Crippen molar-refractivity contribution in [1.82, 2.24) is 0 Å². The first-order valence-corrected chi connectivity index (χ1v) is 5.81. The molecule has 0 radical (unpaired) electrons. The minimum absolute atomic E-state index is 0.268. The maximum atomic E-state index is 13.3. The van der Waals surface area contributed by atoms with Gasteiger partial charge in [0.05, 0.1) is 0 Å². The van der Waals surface area contributed by atoms with Gasteiger partial charge in [0.2, 0.25) is 0 Å². The van der Waals surface area contributed by atoms with Gasteiger partial charge in [0, 0.05) is 11.9 Å². The number of hydrogen-bond donors (Lipinski definition) is 0. The minimum Gasteiger partial charge on any atom is -0.457 e. The predicted octanol–water partition coefficient (Wildman–Crippen LogP) is 4.67. The summed E-state index contributed by atoms with van der Waals surface area (Å²) in [7, 11) is 0. The Morgan fingerprint density at radius 1 is 1.12 bits per heavy atom. The van der Waals surface area contributed by atoms with Crippen molar-refractivity contribution < 1.29 is 9.13 Å². The van der Waals surface area contributed by atoms with Crippen LogP contribution in [0, 0.1) is 12.7 Å². The lowest BCUT2D eigenvalue weighted by atomic mass is 10.2. The van der Waals surface area contributed by atoms with Gasteiger partial charge in [-0.25, -0.2) is 4.39 Å². The molecule has 2 rings (SSSR count). The number of aryl methyl sites for hydroxylation is 1. The molecule has 2 aromatic carbocycles. The molecule has 0 atom stereocenters. The highest BCUT2D eigenvalue weighted by atomic mass is 35.5. The Hall–Kier alpha value is -1.54. The monoisotopic (exact) mass is 250 g/mol. The minimum atomic E-state index is -0.268. The Morgan fingerprint density at radius 2 is 1.88 bits per heavy atom. The fraction of sp³-hybridized carbons (Fsp3) is 0.143. The van der Waals surface area contributed by atoms with Gasteiger partial charge < -0.3 is 4.74 Å². The lowest BCUT2D eigenvalue weighted by Crippen LogP contribution is -1.88. The average molecular weight is 251 g/mol. The SMILES string of the molecule is Cc1ccc(Oc2cccc(CCl)c2)cc1F. The first-order valence-electron chi connectivity index (χ1n) is 5.28. The van der Waals surface area contributed by atoms with E-state index in [-0.39, 0.29) is 5.82 Å². The van der Waals surface area contributed by atoms with Crippen molar-refractivity contribution in [2.75, 3.05) is 0 Å². The summed E-state index contributed by atoms with van der Waals surface area (Å²) < 4.78 is 18.9. The van der Waals surface area contributed by atoms with E-state index in [2.05, 4.69) is 0 Å². The molecule has 88 valence electrons. The quantitative estimate of drug-likeness (QED) is 0.720. The van der Waals surface area contributed by atoms with E-state index in [4.69, 9.17) is 16.3 Å². The normalized spacial score (nSPS) is 10.3. The van der Waals surface area contributed by atoms with Gasteiger partial charge in [-0.3, -0.25) is 0 Å². The molecule has 0 aliphatic heterocycles. The van der Waals surface area contributed by atoms with Crippen molar-refractivity contribution in [2.45, 2.75) is 12.8 Å². The molecule has 0 aliphatic carbocycles. The molecule has 17 heavy (non-hydrogen) atoms. The van der Waals surface area contributed by atoms with Crippen LogP contribution in [-0.2, 0) is 5.88 Å². The highest BCUT2D eigenvalue weighted by Crippen LogP contribution is 2.24. The molecule has 3 heteroatoms. The summed E-state index contributed by atoms with van der Waals surface area (Å²) in [6.07, 6.45) is 0. The van der Waals surface area contributed by atoms with E-state index in [1.54, 1.807) is 19.1 Å². The lowest BCUT2D eigenvalue weighted by Gasteiger charge is -2.07. The van der Waals surface area contributed by atoms with Gasteiger partial charge in [-0.1, -0.05) is 18.2 Å². The molecule has 0 bridgehead atoms. The maximum Gasteiger partial charge on any atom is 0.130 e. The molecular weight excluding hydrogens is 239 g/mol. The Kier molecular flexibility index (Phi) is 3.64. The molecule has 2 aromatic rings. The van der Waals surface area contributed by atoms with Crippen molar-refractivity contribution in [3.05, 3.63) is 59.4 Å². The maximum absolute atomic E-state index is 13.3. The first kappa shape index (κ1) is 11.9. The molecule has 0 unspecified atom stereocenters. The Bertz CT molecular complexity index is 525. The topological polar surface area (TPSA) is 9.23 Å². The molecule has 0 heterocycles. The summed E-state index contributed by atoms with van der Waals surface area (Å²) in [6.45, 7) is 1.72. The van der Waals surface area contributed by atoms with Crippen LogP contribution in [0.15, 0.2) is 42.5 Å². The van der Waals surface area contributed by atoms with Crippen molar-refractivity contribution >= 4 is 11.6 Å². The Labute approximate surface area is 105 Å². The van der Waals surface area contributed by atoms with Crippen LogP contribution in [-0.4, -0.2) is 0 Å². The highest BCUT2D eigenvalue weighted by Gasteiger charge is 2.02. The average Bonchev–Trinajstić information content (AvgIpc) is 2.34. The summed E-state index contributed by atoms with van der Waals surface area (Å²) in [5, 5.41) is 0. The molecule has 0 fully saturated rings. The summed E-state index contributed by atoms with van der Waals surface area (Å²) in [5.74, 6) is 1.31. The lowest BCUT2D eigenvalue weighted by molar-refractivity contribution is 0.475. The third-order valence-electron chi connectivity index (χ3n) is 2.43. The van der Waals surface area contributed by atoms with Crippen molar-refractivity contribution in [3.8, 4) is 11.5 Å². The third kappa shape index (κ3) is 2.98. The molecule has 0 spiro atoms. The standard InChI is InChI=1S/C14H12ClFO/c1-10-5-6-13(8-14(10)16)17-12-4-2-3-11(7-12)9-15/h2-8H,9H2,1H3. The second-order valence-electron chi connectivity index (χ2n) is 3.79. The zero-order valence-corrected chi connectivity index (χ0v) is 10.2. The molecule has 0 aromatic heterocycles. The molecule has 1 nitrogen and oxygen atoms in total. The number of ether oxygens (including phenoxy) is 1. The summed E-state index contributed by atoms with van der Waals surface area (Å²) >= 11 is 5.73. The Balaban J connectivity index is 2.22. The van der Waals surface area contributed by atoms with Crippen LogP contribution in [0.25, 0.3) is 0 Å². The smallest absolute Gasteiger partial charge is 0.130 e. The van der Waals surface area contributed by atoms with Crippen LogP contribution in [0.2, 0.25) is 0 Å². The fourth-order valence-electron chi connectivity index (χ4n) is 1.47. The molecule has 0 N–H and O–H groups in total. The van der Waals surface area contributed by atoms with E-state index in [9.17, 15) is 4.39 Å². The van der Waals surface area contributed by atoms with Crippen LogP contribution in [0.5, 0.6) is 11.5 Å². The first-order chi connectivity index (χ1) is 8.19. The largest absolute Gasteiger partial charge is 0.457 e. The molecule has 0 saturated heterocycles. The van der Waals surface area contributed by atoms with Crippen LogP contribution >= 0.6 is 11.6 Å². The summed E-state index contributed by atoms with van der Waals surface area (Å²) in [4.78, 5) is 0. The molecular formula is C14H12ClFO. The van der Waals surface area contributed by atoms with E-state index >= 15 is 0 Å². The predicted molar refractivity (Wildman–Crippen MR) is 67.2 cm³/mol. The Morgan fingerprint density at radius 3 is 2.59 bits per heavy atom. The zero-order chi connectivity index (χ0) is 12.3. The van der Waals surface area contributed by atoms with Crippen molar-refractivity contribution in [2.24, 2.45) is 0 Å². The van der Waals surface area contributed by atoms with Crippen LogP contribution < -0.4 is 4.74 Å². The third-order valence-corrected chi connectivity index (χ3v) is 2.74. The van der Waals surface area contributed by atoms with E-state index < -0.39 is 0 Å². The van der Waals surface area contributed by atoms with Gasteiger partial charge in [0.15, 0.2) is 0 Å². The molecule has 0 saturated carbocycles. The zero-order valence-electron chi connectivity index (χ0n) is 9.41. The highest BCUT2D eigenvalue weighted by molar-refractivity contribution is 6.17. The van der Waals surface area contributed by atoms with Gasteiger partial charge in [0.1, 0.15) is 17.3 Å². The molecule has 0 aliphatic rings. The number of alkyl halides is 1. The number of rotatable bonds is 3. The fourth-order valence-corrected chi connectivity index (χ4v) is 1.63. The second kappa shape index (κ2) is 5.19. The van der Waals surface area contributed by atoms with Gasteiger partial charge in [0.25, 0.3) is 0 Å².